The molecule has 12 N–H and O–H groups in total. The van der Waals surface area contributed by atoms with Crippen molar-refractivity contribution in [3.8, 4) is 10.8 Å². The van der Waals surface area contributed by atoms with Crippen LogP contribution in [-0.2, 0) is 28.6 Å². The number of nitrogens with zero attached hydrogens (tertiary/aromatic N) is 4. The average molecular weight is 1040 g/mol. The third-order valence-electron chi connectivity index (χ3n) is 10.9. The summed E-state index contributed by atoms with van der Waals surface area (Å²) >= 11 is 7.89. The van der Waals surface area contributed by atoms with E-state index in [0.29, 0.717) is 47.5 Å². The SMILES string of the molecule is Cc1sc2c(c1C)C(c1ccc(Cl)cc1)=N[C@@H](CC(=O)Nc1ccc(OCCOCCOCCNC(=O)[C@H](CCCNC(=N)N)NC(=O)[C@H](CCCNC(=N)N)NC(=O)OC(C)(C)C)cc1)c1nnc(C)n1-2. The Morgan fingerprint density at radius 3 is 2.03 bits per heavy atom. The highest BCUT2D eigenvalue weighted by atomic mass is 35.5. The van der Waals surface area contributed by atoms with Gasteiger partial charge in [-0.05, 0) is 109 Å². The molecule has 4 aromatic rings. The monoisotopic (exact) mass is 1030 g/mol. The van der Waals surface area contributed by atoms with Gasteiger partial charge in [-0.25, -0.2) is 4.79 Å². The Kier molecular flexibility index (Phi) is 21.1. The van der Waals surface area contributed by atoms with Crippen molar-refractivity contribution in [1.82, 2.24) is 41.3 Å². The molecule has 3 heterocycles. The molecule has 4 amide bonds. The summed E-state index contributed by atoms with van der Waals surface area (Å²) in [6.45, 7) is 13.1. The first-order valence-electron chi connectivity index (χ1n) is 23.6. The van der Waals surface area contributed by atoms with E-state index in [1.165, 1.54) is 0 Å². The van der Waals surface area contributed by atoms with Crippen LogP contribution in [0.1, 0.15) is 92.1 Å². The highest BCUT2D eigenvalue weighted by Crippen LogP contribution is 2.39. The van der Waals surface area contributed by atoms with Crippen molar-refractivity contribution in [3.63, 3.8) is 0 Å². The predicted molar refractivity (Wildman–Crippen MR) is 277 cm³/mol. The molecule has 0 fully saturated rings. The van der Waals surface area contributed by atoms with E-state index in [2.05, 4.69) is 55.9 Å². The molecule has 22 nitrogen and oxygen atoms in total. The number of hydrogen-bond acceptors (Lipinski definition) is 14. The summed E-state index contributed by atoms with van der Waals surface area (Å²) in [5.41, 5.74) is 14.3. The highest BCUT2D eigenvalue weighted by molar-refractivity contribution is 7.15. The number of carbonyl (C=O) groups is 4. The van der Waals surface area contributed by atoms with Crippen molar-refractivity contribution in [2.24, 2.45) is 16.5 Å². The molecule has 72 heavy (non-hydrogen) atoms. The van der Waals surface area contributed by atoms with Crippen molar-refractivity contribution >= 4 is 70.1 Å². The summed E-state index contributed by atoms with van der Waals surface area (Å²) in [6.07, 6.45) is 0.356. The van der Waals surface area contributed by atoms with Gasteiger partial charge in [0.2, 0.25) is 17.7 Å². The molecule has 0 radical (unpaired) electrons. The maximum atomic E-state index is 13.6. The number of aliphatic imine (C=N–C) groups is 1. The maximum absolute atomic E-state index is 13.6. The number of aryl methyl sites for hydroxylation is 2. The maximum Gasteiger partial charge on any atom is 0.408 e. The van der Waals surface area contributed by atoms with E-state index >= 15 is 0 Å². The van der Waals surface area contributed by atoms with Gasteiger partial charge >= 0.3 is 6.09 Å². The molecule has 0 spiro atoms. The molecule has 2 aromatic carbocycles. The number of hydrogen-bond donors (Lipinski definition) is 10. The zero-order valence-electron chi connectivity index (χ0n) is 41.5. The van der Waals surface area contributed by atoms with Gasteiger partial charge < -0.3 is 62.3 Å². The molecule has 0 unspecified atom stereocenters. The summed E-state index contributed by atoms with van der Waals surface area (Å²) in [5, 5.41) is 41.6. The lowest BCUT2D eigenvalue weighted by Gasteiger charge is -2.25. The number of halogens is 1. The summed E-state index contributed by atoms with van der Waals surface area (Å²) in [7, 11) is 0. The lowest BCUT2D eigenvalue weighted by Crippen LogP contribution is -2.54. The van der Waals surface area contributed by atoms with Gasteiger partial charge in [0.15, 0.2) is 17.7 Å². The van der Waals surface area contributed by atoms with E-state index in [0.717, 1.165) is 32.3 Å². The number of anilines is 1. The number of nitrogens with two attached hydrogens (primary N) is 2. The van der Waals surface area contributed by atoms with Gasteiger partial charge in [0, 0.05) is 46.3 Å². The van der Waals surface area contributed by atoms with Crippen LogP contribution in [0.5, 0.6) is 5.75 Å². The van der Waals surface area contributed by atoms with Crippen LogP contribution < -0.4 is 48.1 Å². The van der Waals surface area contributed by atoms with Gasteiger partial charge in [0.25, 0.3) is 0 Å². The number of thiophene rings is 1. The molecular formula is C48H67ClN14O8S. The van der Waals surface area contributed by atoms with E-state index in [4.69, 9.17) is 57.8 Å². The standard InChI is InChI=1S/C48H67ClN14O8S/c1-28-29(2)72-44-39(28)40(31-11-13-32(49)14-12-31)58-37(41-62-61-30(3)63(41)44)27-38(64)57-33-15-17-34(18-16-33)70-26-25-69-24-23-68-22-21-54-42(65)35(9-7-19-55-45(50)51)59-43(66)36(10-8-20-56-46(52)53)60-47(67)71-48(4,5)6/h11-18,35-37H,7-10,19-27H2,1-6H3,(H,54,65)(H,57,64)(H,59,66)(H,60,67)(H4,50,51,55)(H4,52,53,56)/t35-,36-,37-/m0/s1. The summed E-state index contributed by atoms with van der Waals surface area (Å²) in [6, 6.07) is 11.9. The number of nitrogens with one attached hydrogen (secondary N) is 8. The van der Waals surface area contributed by atoms with Crippen LogP contribution in [-0.4, -0.2) is 127 Å². The number of ether oxygens (including phenoxy) is 4. The number of amides is 4. The summed E-state index contributed by atoms with van der Waals surface area (Å²) in [5.74, 6) is 0.125. The van der Waals surface area contributed by atoms with Crippen molar-refractivity contribution < 1.29 is 38.1 Å². The van der Waals surface area contributed by atoms with E-state index < -0.39 is 41.6 Å². The van der Waals surface area contributed by atoms with Crippen molar-refractivity contribution in [3.05, 3.63) is 86.8 Å². The second-order valence-corrected chi connectivity index (χ2v) is 19.4. The van der Waals surface area contributed by atoms with Crippen LogP contribution >= 0.6 is 22.9 Å². The zero-order valence-corrected chi connectivity index (χ0v) is 43.1. The molecule has 390 valence electrons. The number of fused-ring (bicyclic) bond motifs is 3. The number of aromatic nitrogens is 3. The zero-order chi connectivity index (χ0) is 52.4. The summed E-state index contributed by atoms with van der Waals surface area (Å²) in [4.78, 5) is 59.3. The van der Waals surface area contributed by atoms with Gasteiger partial charge in [0.05, 0.1) is 38.6 Å². The second kappa shape index (κ2) is 27.1. The third kappa shape index (κ3) is 17.5. The Balaban J connectivity index is 1.03. The molecule has 0 saturated carbocycles. The Hall–Kier alpha value is -6.82. The number of guanidine groups is 2. The topological polar surface area (TPSA) is 320 Å². The van der Waals surface area contributed by atoms with E-state index in [1.807, 2.05) is 35.8 Å². The molecule has 3 atom stereocenters. The first kappa shape index (κ1) is 56.1. The predicted octanol–water partition coefficient (Wildman–Crippen LogP) is 4.26. The quantitative estimate of drug-likeness (QED) is 0.0239. The van der Waals surface area contributed by atoms with Gasteiger partial charge in [-0.3, -0.25) is 34.8 Å². The molecule has 0 saturated heterocycles. The third-order valence-corrected chi connectivity index (χ3v) is 12.3. The molecule has 0 aliphatic carbocycles. The number of benzene rings is 2. The number of rotatable bonds is 26. The number of alkyl carbamates (subject to hydrolysis) is 1. The lowest BCUT2D eigenvalue weighted by molar-refractivity contribution is -0.130. The average Bonchev–Trinajstić information content (AvgIpc) is 3.79. The Labute approximate surface area is 428 Å². The fourth-order valence-electron chi connectivity index (χ4n) is 7.38. The summed E-state index contributed by atoms with van der Waals surface area (Å²) < 4.78 is 24.5. The fourth-order valence-corrected chi connectivity index (χ4v) is 8.72. The van der Waals surface area contributed by atoms with E-state index in [1.54, 1.807) is 56.4 Å². The molecule has 1 aliphatic heterocycles. The van der Waals surface area contributed by atoms with Crippen molar-refractivity contribution in [1.29, 1.82) is 10.8 Å². The van der Waals surface area contributed by atoms with Gasteiger partial charge in [-0.15, -0.1) is 21.5 Å². The van der Waals surface area contributed by atoms with Crippen LogP contribution in [0.25, 0.3) is 5.00 Å². The first-order valence-corrected chi connectivity index (χ1v) is 24.8. The fraction of sp³-hybridized carbons (Fsp3) is 0.479. The van der Waals surface area contributed by atoms with Crippen LogP contribution in [0.4, 0.5) is 10.5 Å². The molecular weight excluding hydrogens is 968 g/mol. The van der Waals surface area contributed by atoms with Gasteiger partial charge in [0.1, 0.15) is 46.9 Å². The molecule has 2 aromatic heterocycles. The minimum absolute atomic E-state index is 0.0291. The smallest absolute Gasteiger partial charge is 0.408 e. The second-order valence-electron chi connectivity index (χ2n) is 17.8. The Morgan fingerprint density at radius 1 is 0.792 bits per heavy atom. The van der Waals surface area contributed by atoms with E-state index in [-0.39, 0.29) is 83.2 Å². The minimum Gasteiger partial charge on any atom is -0.491 e. The molecule has 0 bridgehead atoms. The largest absolute Gasteiger partial charge is 0.491 e. The Morgan fingerprint density at radius 2 is 1.40 bits per heavy atom. The van der Waals surface area contributed by atoms with Crippen LogP contribution in [0, 0.1) is 31.6 Å². The van der Waals surface area contributed by atoms with Crippen LogP contribution in [0.2, 0.25) is 5.02 Å². The lowest BCUT2D eigenvalue weighted by atomic mass is 9.99. The van der Waals surface area contributed by atoms with Crippen molar-refractivity contribution in [2.45, 2.75) is 97.4 Å². The van der Waals surface area contributed by atoms with Gasteiger partial charge in [-0.1, -0.05) is 23.7 Å². The van der Waals surface area contributed by atoms with Crippen LogP contribution in [0.15, 0.2) is 53.5 Å². The number of carbonyl (C=O) groups excluding carboxylic acids is 4. The van der Waals surface area contributed by atoms with E-state index in [9.17, 15) is 19.2 Å². The molecule has 1 aliphatic rings. The molecule has 5 rings (SSSR count). The van der Waals surface area contributed by atoms with Crippen molar-refractivity contribution in [2.75, 3.05) is 58.0 Å². The van der Waals surface area contributed by atoms with Crippen LogP contribution in [0.3, 0.4) is 0 Å². The normalized spacial score (nSPS) is 13.8. The minimum atomic E-state index is -1.05. The Bertz CT molecular complexity index is 2530. The highest BCUT2D eigenvalue weighted by Gasteiger charge is 2.33. The first-order chi connectivity index (χ1) is 34.3. The van der Waals surface area contributed by atoms with Gasteiger partial charge in [-0.2, -0.15) is 0 Å². The molecule has 24 heteroatoms.